The molecule has 0 unspecified atom stereocenters. The van der Waals surface area contributed by atoms with Gasteiger partial charge in [-0.25, -0.2) is 9.78 Å². The van der Waals surface area contributed by atoms with Gasteiger partial charge in [0.05, 0.1) is 13.0 Å². The number of fused-ring (bicyclic) bond motifs is 4. The summed E-state index contributed by atoms with van der Waals surface area (Å²) in [5, 5.41) is 8.86. The number of ether oxygens (including phenoxy) is 1. The molecule has 0 atom stereocenters. The Labute approximate surface area is 176 Å². The molecule has 0 amide bonds. The highest BCUT2D eigenvalue weighted by Gasteiger charge is 2.27. The highest BCUT2D eigenvalue weighted by atomic mass is 16.5. The van der Waals surface area contributed by atoms with Crippen molar-refractivity contribution in [2.24, 2.45) is 5.73 Å². The van der Waals surface area contributed by atoms with Crippen molar-refractivity contribution >= 4 is 39.5 Å². The van der Waals surface area contributed by atoms with E-state index in [2.05, 4.69) is 4.98 Å². The number of carbonyl (C=O) groups is 2. The number of hydrogen-bond donors (Lipinski definition) is 3. The molecule has 0 fully saturated rings. The maximum absolute atomic E-state index is 12.8. The van der Waals surface area contributed by atoms with Crippen LogP contribution in [0, 0.1) is 0 Å². The Morgan fingerprint density at radius 3 is 2.48 bits per heavy atom. The van der Waals surface area contributed by atoms with Crippen LogP contribution in [0.3, 0.4) is 0 Å². The van der Waals surface area contributed by atoms with Crippen molar-refractivity contribution in [3.05, 3.63) is 58.3 Å². The zero-order valence-electron chi connectivity index (χ0n) is 16.8. The van der Waals surface area contributed by atoms with E-state index >= 15 is 0 Å². The van der Waals surface area contributed by atoms with E-state index in [9.17, 15) is 14.4 Å². The van der Waals surface area contributed by atoms with E-state index in [1.54, 1.807) is 49.4 Å². The van der Waals surface area contributed by atoms with E-state index in [-0.39, 0.29) is 30.9 Å². The van der Waals surface area contributed by atoms with Crippen LogP contribution in [0.25, 0.3) is 33.3 Å². The van der Waals surface area contributed by atoms with E-state index in [0.717, 1.165) is 0 Å². The average molecular weight is 423 g/mol. The molecule has 0 bridgehead atoms. The monoisotopic (exact) mass is 423 g/mol. The van der Waals surface area contributed by atoms with E-state index in [1.165, 1.54) is 0 Å². The quantitative estimate of drug-likeness (QED) is 0.194. The van der Waals surface area contributed by atoms with Crippen LogP contribution in [0.2, 0.25) is 0 Å². The second-order valence-electron chi connectivity index (χ2n) is 6.52. The van der Waals surface area contributed by atoms with Crippen molar-refractivity contribution in [2.45, 2.75) is 13.3 Å². The number of carboxylic acid groups (broad SMARTS) is 1. The van der Waals surface area contributed by atoms with Gasteiger partial charge in [-0.3, -0.25) is 9.59 Å². The summed E-state index contributed by atoms with van der Waals surface area (Å²) in [5.74, 6) is -1.45. The minimum absolute atomic E-state index is 0.0694. The van der Waals surface area contributed by atoms with Crippen molar-refractivity contribution in [3.63, 3.8) is 0 Å². The van der Waals surface area contributed by atoms with Gasteiger partial charge in [0.15, 0.2) is 16.9 Å². The van der Waals surface area contributed by atoms with Crippen LogP contribution in [0.15, 0.2) is 51.7 Å². The number of esters is 1. The molecular weight excluding hydrogens is 402 g/mol. The van der Waals surface area contributed by atoms with Crippen LogP contribution in [-0.4, -0.2) is 35.2 Å². The molecule has 0 radical (unpaired) electrons. The molecule has 2 aromatic rings. The molecule has 1 aliphatic carbocycles. The number of nitrogens with zero attached hydrogens (tertiary/aromatic N) is 1. The number of benzene rings is 3. The first-order valence-corrected chi connectivity index (χ1v) is 9.51. The molecule has 31 heavy (non-hydrogen) atoms. The fourth-order valence-corrected chi connectivity index (χ4v) is 3.02. The lowest BCUT2D eigenvalue weighted by Crippen LogP contribution is -2.20. The zero-order chi connectivity index (χ0) is 22.5. The number of aromatic nitrogens is 1. The summed E-state index contributed by atoms with van der Waals surface area (Å²) in [7, 11) is 0. The van der Waals surface area contributed by atoms with Gasteiger partial charge >= 0.3 is 11.9 Å². The molecule has 1 heterocycles. The van der Waals surface area contributed by atoms with Crippen molar-refractivity contribution in [2.75, 3.05) is 18.9 Å². The summed E-state index contributed by atoms with van der Waals surface area (Å²) in [6, 6.07) is 12.0. The average Bonchev–Trinajstić information content (AvgIpc) is 2.73. The highest BCUT2D eigenvalue weighted by molar-refractivity contribution is 6.06. The Balaban J connectivity index is 0.000000401. The van der Waals surface area contributed by atoms with Crippen molar-refractivity contribution in [1.82, 2.24) is 4.98 Å². The summed E-state index contributed by atoms with van der Waals surface area (Å²) < 4.78 is 10.9. The Kier molecular flexibility index (Phi) is 6.46. The topological polar surface area (TPSA) is 159 Å². The van der Waals surface area contributed by atoms with Gasteiger partial charge in [0, 0.05) is 29.1 Å². The number of anilines is 1. The molecule has 9 nitrogen and oxygen atoms in total. The molecule has 5 N–H and O–H groups in total. The molecule has 0 saturated carbocycles. The first kappa shape index (κ1) is 21.7. The van der Waals surface area contributed by atoms with Crippen LogP contribution in [0.5, 0.6) is 0 Å². The van der Waals surface area contributed by atoms with Crippen LogP contribution in [-0.2, 0) is 9.53 Å². The predicted octanol–water partition coefficient (Wildman–Crippen LogP) is 2.62. The number of carboxylic acids is 1. The minimum Gasteiger partial charge on any atom is -0.481 e. The summed E-state index contributed by atoms with van der Waals surface area (Å²) in [6.07, 6.45) is 0.0694. The van der Waals surface area contributed by atoms with Gasteiger partial charge in [0.1, 0.15) is 11.2 Å². The number of nitrogens with two attached hydrogens (primary N) is 2. The summed E-state index contributed by atoms with van der Waals surface area (Å²) in [5.41, 5.74) is 12.0. The minimum atomic E-state index is -0.836. The van der Waals surface area contributed by atoms with Gasteiger partial charge < -0.3 is 25.7 Å². The number of carbonyl (C=O) groups excluding carboxylic acids is 1. The molecule has 4 rings (SSSR count). The van der Waals surface area contributed by atoms with Gasteiger partial charge in [-0.05, 0) is 19.1 Å². The standard InChI is InChI=1S/C19H14N2O4.C3H7NO2/c1-2-24-19(23)15-17(22)12-6-4-3-5-11(12)16-18(15)25-14-9-10(20)7-8-13(14)21-16;4-2-1-3(5)6/h3-9H,2,20H2,1H3;1-2,4H2,(H,5,6). The molecule has 2 aliphatic rings. The predicted molar refractivity (Wildman–Crippen MR) is 116 cm³/mol. The van der Waals surface area contributed by atoms with Gasteiger partial charge in [-0.15, -0.1) is 0 Å². The lowest BCUT2D eigenvalue weighted by molar-refractivity contribution is -0.136. The molecule has 2 aromatic carbocycles. The lowest BCUT2D eigenvalue weighted by Gasteiger charge is -2.13. The summed E-state index contributed by atoms with van der Waals surface area (Å²) in [4.78, 5) is 39.4. The molecule has 0 aromatic heterocycles. The zero-order valence-corrected chi connectivity index (χ0v) is 16.8. The third kappa shape index (κ3) is 4.46. The Morgan fingerprint density at radius 2 is 1.87 bits per heavy atom. The second kappa shape index (κ2) is 9.23. The smallest absolute Gasteiger partial charge is 0.346 e. The number of aliphatic carboxylic acids is 1. The van der Waals surface area contributed by atoms with E-state index in [0.29, 0.717) is 33.3 Å². The first-order chi connectivity index (χ1) is 14.9. The van der Waals surface area contributed by atoms with Crippen molar-refractivity contribution in [3.8, 4) is 11.5 Å². The van der Waals surface area contributed by atoms with Crippen molar-refractivity contribution in [1.29, 1.82) is 0 Å². The van der Waals surface area contributed by atoms with E-state index < -0.39 is 17.4 Å². The first-order valence-electron chi connectivity index (χ1n) is 9.51. The van der Waals surface area contributed by atoms with Crippen LogP contribution in [0.1, 0.15) is 23.7 Å². The third-order valence-electron chi connectivity index (χ3n) is 4.36. The summed E-state index contributed by atoms with van der Waals surface area (Å²) in [6.45, 7) is 2.06. The molecule has 1 aliphatic heterocycles. The van der Waals surface area contributed by atoms with Crippen LogP contribution >= 0.6 is 0 Å². The van der Waals surface area contributed by atoms with E-state index in [1.807, 2.05) is 0 Å². The van der Waals surface area contributed by atoms with Gasteiger partial charge in [-0.1, -0.05) is 24.3 Å². The van der Waals surface area contributed by atoms with Gasteiger partial charge in [0.25, 0.3) is 0 Å². The number of rotatable bonds is 4. The maximum Gasteiger partial charge on any atom is 0.346 e. The lowest BCUT2D eigenvalue weighted by atomic mass is 9.99. The van der Waals surface area contributed by atoms with Gasteiger partial charge in [-0.2, -0.15) is 0 Å². The molecule has 0 spiro atoms. The van der Waals surface area contributed by atoms with Crippen molar-refractivity contribution < 1.29 is 23.8 Å². The fourth-order valence-electron chi connectivity index (χ4n) is 3.02. The normalized spacial score (nSPS) is 10.6. The molecule has 0 saturated heterocycles. The number of nitrogen functional groups attached to an aromatic ring is 1. The third-order valence-corrected chi connectivity index (χ3v) is 4.36. The Hall–Kier alpha value is -3.98. The molecule has 160 valence electrons. The fraction of sp³-hybridized carbons (Fsp3) is 0.182. The van der Waals surface area contributed by atoms with Crippen LogP contribution < -0.4 is 16.9 Å². The second-order valence-corrected chi connectivity index (χ2v) is 6.52. The SMILES string of the molecule is CCOC(=O)c1c2oc3cc(N)ccc3nc-2c2ccccc2c1=O.NCCC(=O)O. The number of hydrogen-bond acceptors (Lipinski definition) is 8. The highest BCUT2D eigenvalue weighted by Crippen LogP contribution is 2.33. The summed E-state index contributed by atoms with van der Waals surface area (Å²) >= 11 is 0. The maximum atomic E-state index is 12.8. The Bertz CT molecular complexity index is 1300. The largest absolute Gasteiger partial charge is 0.481 e. The molecule has 9 heteroatoms. The Morgan fingerprint density at radius 1 is 1.16 bits per heavy atom. The van der Waals surface area contributed by atoms with Crippen LogP contribution in [0.4, 0.5) is 5.69 Å². The molecular formula is C22H21N3O6. The van der Waals surface area contributed by atoms with E-state index in [4.69, 9.17) is 25.7 Å². The van der Waals surface area contributed by atoms with Gasteiger partial charge in [0.2, 0.25) is 5.43 Å².